The average Bonchev–Trinajstić information content (AvgIpc) is 2.70. The zero-order valence-corrected chi connectivity index (χ0v) is 14.7. The fourth-order valence-corrected chi connectivity index (χ4v) is 5.16. The summed E-state index contributed by atoms with van der Waals surface area (Å²) in [5.74, 6) is 0.986. The largest absolute Gasteiger partial charge is 0.283 e. The minimum absolute atomic E-state index is 0.128. The van der Waals surface area contributed by atoms with Gasteiger partial charge in [-0.15, -0.1) is 17.9 Å². The van der Waals surface area contributed by atoms with Crippen LogP contribution in [0, 0.1) is 0 Å². The van der Waals surface area contributed by atoms with Crippen LogP contribution < -0.4 is 5.56 Å². The summed E-state index contributed by atoms with van der Waals surface area (Å²) in [6, 6.07) is 0. The molecule has 0 N–H and O–H groups in total. The van der Waals surface area contributed by atoms with Crippen LogP contribution in [0.4, 0.5) is 0 Å². The maximum atomic E-state index is 13.0. The number of thiophene rings is 1. The number of aryl methyl sites for hydroxylation is 2. The van der Waals surface area contributed by atoms with Gasteiger partial charge in [0.15, 0.2) is 5.16 Å². The predicted octanol–water partition coefficient (Wildman–Crippen LogP) is 4.42. The Morgan fingerprint density at radius 2 is 2.18 bits per heavy atom. The molecule has 0 amide bonds. The second-order valence-electron chi connectivity index (χ2n) is 5.69. The van der Waals surface area contributed by atoms with Crippen LogP contribution >= 0.6 is 23.1 Å². The Morgan fingerprint density at radius 3 is 2.95 bits per heavy atom. The van der Waals surface area contributed by atoms with Gasteiger partial charge >= 0.3 is 0 Å². The third-order valence-corrected chi connectivity index (χ3v) is 6.40. The van der Waals surface area contributed by atoms with Crippen LogP contribution in [-0.4, -0.2) is 15.3 Å². The molecule has 3 rings (SSSR count). The summed E-state index contributed by atoms with van der Waals surface area (Å²) >= 11 is 3.41. The van der Waals surface area contributed by atoms with Crippen LogP contribution in [0.3, 0.4) is 0 Å². The molecule has 0 fully saturated rings. The second kappa shape index (κ2) is 7.01. The summed E-state index contributed by atoms with van der Waals surface area (Å²) in [4.78, 5) is 20.2. The highest BCUT2D eigenvalue weighted by Crippen LogP contribution is 2.34. The zero-order chi connectivity index (χ0) is 15.5. The van der Waals surface area contributed by atoms with Gasteiger partial charge in [-0.1, -0.05) is 31.2 Å². The van der Waals surface area contributed by atoms with E-state index in [1.54, 1.807) is 33.7 Å². The van der Waals surface area contributed by atoms with E-state index in [9.17, 15) is 4.79 Å². The Balaban J connectivity index is 2.19. The predicted molar refractivity (Wildman–Crippen MR) is 96.4 cm³/mol. The minimum Gasteiger partial charge on any atom is -0.283 e. The maximum Gasteiger partial charge on any atom is 0.263 e. The van der Waals surface area contributed by atoms with Crippen LogP contribution in [0.15, 0.2) is 22.6 Å². The van der Waals surface area contributed by atoms with Crippen molar-refractivity contribution in [2.24, 2.45) is 0 Å². The molecule has 2 aromatic heterocycles. The van der Waals surface area contributed by atoms with E-state index in [2.05, 4.69) is 13.5 Å². The summed E-state index contributed by atoms with van der Waals surface area (Å²) in [6.07, 6.45) is 8.69. The summed E-state index contributed by atoms with van der Waals surface area (Å²) in [5, 5.41) is 1.72. The van der Waals surface area contributed by atoms with E-state index in [1.807, 2.05) is 0 Å². The summed E-state index contributed by atoms with van der Waals surface area (Å²) in [6.45, 7) is 6.48. The van der Waals surface area contributed by atoms with Crippen LogP contribution in [0.5, 0.6) is 0 Å². The van der Waals surface area contributed by atoms with Gasteiger partial charge in [0.25, 0.3) is 5.56 Å². The van der Waals surface area contributed by atoms with Gasteiger partial charge in [-0.25, -0.2) is 4.98 Å². The lowest BCUT2D eigenvalue weighted by atomic mass is 10.1. The molecule has 1 aliphatic rings. The number of nitrogens with zero attached hydrogens (tertiary/aromatic N) is 2. The van der Waals surface area contributed by atoms with Crippen LogP contribution in [-0.2, 0) is 19.4 Å². The number of hydrogen-bond donors (Lipinski definition) is 0. The van der Waals surface area contributed by atoms with Crippen molar-refractivity contribution >= 4 is 33.3 Å². The number of hydrogen-bond acceptors (Lipinski definition) is 4. The van der Waals surface area contributed by atoms with E-state index in [0.717, 1.165) is 40.4 Å². The number of aromatic nitrogens is 2. The van der Waals surface area contributed by atoms with Crippen molar-refractivity contribution in [2.75, 3.05) is 5.75 Å². The molecule has 0 unspecified atom stereocenters. The molecule has 0 aliphatic heterocycles. The van der Waals surface area contributed by atoms with Crippen LogP contribution in [0.25, 0.3) is 10.2 Å². The Kier molecular flexibility index (Phi) is 5.03. The number of rotatable bonds is 5. The average molecular weight is 335 g/mol. The Morgan fingerprint density at radius 1 is 1.36 bits per heavy atom. The molecule has 0 bridgehead atoms. The van der Waals surface area contributed by atoms with Crippen molar-refractivity contribution in [3.8, 4) is 0 Å². The first-order chi connectivity index (χ1) is 10.8. The normalized spacial score (nSPS) is 14.8. The summed E-state index contributed by atoms with van der Waals surface area (Å²) in [5.41, 5.74) is 1.41. The van der Waals surface area contributed by atoms with Crippen molar-refractivity contribution in [1.29, 1.82) is 0 Å². The molecular formula is C17H22N2OS2. The van der Waals surface area contributed by atoms with E-state index >= 15 is 0 Å². The Labute approximate surface area is 139 Å². The third kappa shape index (κ3) is 2.88. The second-order valence-corrected chi connectivity index (χ2v) is 7.84. The molecule has 2 heterocycles. The molecule has 22 heavy (non-hydrogen) atoms. The monoisotopic (exact) mass is 334 g/mol. The van der Waals surface area contributed by atoms with Gasteiger partial charge in [-0.2, -0.15) is 0 Å². The van der Waals surface area contributed by atoms with Gasteiger partial charge in [0, 0.05) is 17.2 Å². The number of thioether (sulfide) groups is 1. The Hall–Kier alpha value is -1.07. The van der Waals surface area contributed by atoms with Crippen molar-refractivity contribution in [1.82, 2.24) is 9.55 Å². The highest BCUT2D eigenvalue weighted by atomic mass is 32.2. The fraction of sp³-hybridized carbons (Fsp3) is 0.529. The van der Waals surface area contributed by atoms with E-state index in [1.165, 1.54) is 29.7 Å². The van der Waals surface area contributed by atoms with Gasteiger partial charge in [-0.3, -0.25) is 9.36 Å². The van der Waals surface area contributed by atoms with Crippen molar-refractivity contribution in [2.45, 2.75) is 57.1 Å². The van der Waals surface area contributed by atoms with Crippen molar-refractivity contribution < 1.29 is 0 Å². The van der Waals surface area contributed by atoms with E-state index < -0.39 is 0 Å². The lowest BCUT2D eigenvalue weighted by Crippen LogP contribution is -2.23. The van der Waals surface area contributed by atoms with Crippen LogP contribution in [0.2, 0.25) is 0 Å². The number of fused-ring (bicyclic) bond motifs is 3. The lowest BCUT2D eigenvalue weighted by Gasteiger charge is -2.10. The highest BCUT2D eigenvalue weighted by Gasteiger charge is 2.21. The van der Waals surface area contributed by atoms with Gasteiger partial charge in [0.1, 0.15) is 4.83 Å². The molecule has 0 saturated carbocycles. The van der Waals surface area contributed by atoms with E-state index in [-0.39, 0.29) is 5.56 Å². The van der Waals surface area contributed by atoms with E-state index in [4.69, 9.17) is 4.98 Å². The molecule has 5 heteroatoms. The van der Waals surface area contributed by atoms with Gasteiger partial charge < -0.3 is 0 Å². The first-order valence-corrected chi connectivity index (χ1v) is 9.85. The molecule has 1 aliphatic carbocycles. The third-order valence-electron chi connectivity index (χ3n) is 4.04. The standard InChI is InChI=1S/C17H22N2OS2/c1-3-10-19-16(20)14-12-8-6-5-7-9-13(12)22-15(14)18-17(19)21-11-4-2/h3H,1,4-11H2,2H3. The molecule has 0 spiro atoms. The molecule has 3 nitrogen and oxygen atoms in total. The first kappa shape index (κ1) is 15.8. The molecule has 118 valence electrons. The molecule has 0 aromatic carbocycles. The quantitative estimate of drug-likeness (QED) is 0.351. The topological polar surface area (TPSA) is 34.9 Å². The van der Waals surface area contributed by atoms with Crippen LogP contribution in [0.1, 0.15) is 43.0 Å². The molecular weight excluding hydrogens is 312 g/mol. The molecule has 0 atom stereocenters. The molecule has 0 saturated heterocycles. The molecule has 2 aromatic rings. The van der Waals surface area contributed by atoms with Crippen molar-refractivity contribution in [3.63, 3.8) is 0 Å². The van der Waals surface area contributed by atoms with Gasteiger partial charge in [-0.05, 0) is 37.7 Å². The zero-order valence-electron chi connectivity index (χ0n) is 13.1. The van der Waals surface area contributed by atoms with Gasteiger partial charge in [0.05, 0.1) is 5.39 Å². The summed E-state index contributed by atoms with van der Waals surface area (Å²) < 4.78 is 1.80. The minimum atomic E-state index is 0.128. The smallest absolute Gasteiger partial charge is 0.263 e. The number of allylic oxidation sites excluding steroid dienone is 1. The maximum absolute atomic E-state index is 13.0. The molecule has 0 radical (unpaired) electrons. The first-order valence-electron chi connectivity index (χ1n) is 8.05. The Bertz CT molecular complexity index is 745. The fourth-order valence-electron chi connectivity index (χ4n) is 2.99. The SMILES string of the molecule is C=CCn1c(SCCC)nc2sc3c(c2c1=O)CCCCC3. The van der Waals surface area contributed by atoms with Gasteiger partial charge in [0.2, 0.25) is 0 Å². The highest BCUT2D eigenvalue weighted by molar-refractivity contribution is 7.99. The summed E-state index contributed by atoms with van der Waals surface area (Å²) in [7, 11) is 0. The lowest BCUT2D eigenvalue weighted by molar-refractivity contribution is 0.671. The van der Waals surface area contributed by atoms with E-state index in [0.29, 0.717) is 6.54 Å². The van der Waals surface area contributed by atoms with Crippen molar-refractivity contribution in [3.05, 3.63) is 33.4 Å².